The summed E-state index contributed by atoms with van der Waals surface area (Å²) in [6.07, 6.45) is 6.59. The Labute approximate surface area is 236 Å². The monoisotopic (exact) mass is 546 g/mol. The van der Waals surface area contributed by atoms with E-state index in [1.165, 1.54) is 6.42 Å². The van der Waals surface area contributed by atoms with Crippen molar-refractivity contribution in [2.45, 2.75) is 129 Å². The van der Waals surface area contributed by atoms with Crippen LogP contribution in [0, 0.1) is 17.8 Å². The molecule has 0 spiro atoms. The summed E-state index contributed by atoms with van der Waals surface area (Å²) < 4.78 is 5.36. The van der Waals surface area contributed by atoms with Crippen LogP contribution in [0.4, 0.5) is 0 Å². The average molecular weight is 547 g/mol. The van der Waals surface area contributed by atoms with Crippen molar-refractivity contribution in [2.24, 2.45) is 17.8 Å². The first-order chi connectivity index (χ1) is 18.6. The maximum atomic E-state index is 13.8. The first kappa shape index (κ1) is 33.2. The van der Waals surface area contributed by atoms with Gasteiger partial charge in [-0.25, -0.2) is 0 Å². The van der Waals surface area contributed by atoms with Crippen LogP contribution < -0.4 is 10.6 Å². The Morgan fingerprint density at radius 2 is 1.59 bits per heavy atom. The molecule has 7 heteroatoms. The zero-order valence-corrected chi connectivity index (χ0v) is 24.9. The summed E-state index contributed by atoms with van der Waals surface area (Å²) in [4.78, 5) is 26.7. The summed E-state index contributed by atoms with van der Waals surface area (Å²) >= 11 is 0. The Morgan fingerprint density at radius 1 is 0.949 bits per heavy atom. The maximum Gasteiger partial charge on any atom is 0.323 e. The lowest BCUT2D eigenvalue weighted by Gasteiger charge is -2.34. The minimum Gasteiger partial charge on any atom is -0.465 e. The molecule has 7 nitrogen and oxygen atoms in total. The molecule has 1 aromatic carbocycles. The standard InChI is InChI=1S/C32H54N2O5/c1-6-39-32(38)26(18-17-24-13-9-7-10-14-24)33-28(19-22(2)3)31(37)34-27(21-25-15-11-8-12-16-25)30(36)29(35)20-23(4)5/h7,9-10,13-14,22-23,25-30,33,35-36H,6,8,11-12,15-21H2,1-5H3,(H,34,37)/t26-,27-,28-,29-,30+/m0/s1. The number of rotatable bonds is 17. The molecule has 0 saturated heterocycles. The number of benzene rings is 1. The molecule has 222 valence electrons. The van der Waals surface area contributed by atoms with Crippen molar-refractivity contribution < 1.29 is 24.5 Å². The predicted molar refractivity (Wildman–Crippen MR) is 156 cm³/mol. The number of aryl methyl sites for hydroxylation is 1. The van der Waals surface area contributed by atoms with Crippen molar-refractivity contribution in [2.75, 3.05) is 6.61 Å². The van der Waals surface area contributed by atoms with E-state index < -0.39 is 30.3 Å². The summed E-state index contributed by atoms with van der Waals surface area (Å²) in [5, 5.41) is 28.4. The zero-order valence-electron chi connectivity index (χ0n) is 24.9. The highest BCUT2D eigenvalue weighted by Gasteiger charge is 2.34. The van der Waals surface area contributed by atoms with Crippen LogP contribution in [0.2, 0.25) is 0 Å². The molecular weight excluding hydrogens is 492 g/mol. The van der Waals surface area contributed by atoms with Crippen LogP contribution in [0.3, 0.4) is 0 Å². The minimum atomic E-state index is -1.04. The lowest BCUT2D eigenvalue weighted by atomic mass is 9.82. The van der Waals surface area contributed by atoms with Crippen LogP contribution >= 0.6 is 0 Å². The Balaban J connectivity index is 2.20. The first-order valence-electron chi connectivity index (χ1n) is 15.2. The van der Waals surface area contributed by atoms with Gasteiger partial charge in [0.2, 0.25) is 5.91 Å². The van der Waals surface area contributed by atoms with Gasteiger partial charge in [-0.05, 0) is 62.3 Å². The fraction of sp³-hybridized carbons (Fsp3) is 0.750. The molecule has 1 saturated carbocycles. The summed E-state index contributed by atoms with van der Waals surface area (Å²) in [5.74, 6) is 0.250. The average Bonchev–Trinajstić information content (AvgIpc) is 2.90. The minimum absolute atomic E-state index is 0.207. The topological polar surface area (TPSA) is 108 Å². The van der Waals surface area contributed by atoms with Gasteiger partial charge in [0.15, 0.2) is 0 Å². The molecule has 0 aromatic heterocycles. The van der Waals surface area contributed by atoms with Crippen molar-refractivity contribution in [3.63, 3.8) is 0 Å². The number of nitrogens with one attached hydrogen (secondary N) is 2. The van der Waals surface area contributed by atoms with Gasteiger partial charge in [0, 0.05) is 0 Å². The van der Waals surface area contributed by atoms with E-state index in [0.29, 0.717) is 38.0 Å². The third-order valence-electron chi connectivity index (χ3n) is 7.72. The molecule has 0 radical (unpaired) electrons. The van der Waals surface area contributed by atoms with Gasteiger partial charge in [0.25, 0.3) is 0 Å². The Hall–Kier alpha value is -1.96. The molecule has 39 heavy (non-hydrogen) atoms. The molecule has 1 aliphatic rings. The largest absolute Gasteiger partial charge is 0.465 e. The normalized spacial score (nSPS) is 18.4. The van der Waals surface area contributed by atoms with Crippen LogP contribution in [0.5, 0.6) is 0 Å². The number of esters is 1. The number of aliphatic hydroxyl groups is 2. The number of carbonyl (C=O) groups excluding carboxylic acids is 2. The molecule has 5 atom stereocenters. The summed E-state index contributed by atoms with van der Waals surface area (Å²) in [7, 11) is 0. The van der Waals surface area contributed by atoms with Crippen LogP contribution in [0.1, 0.15) is 98.0 Å². The molecule has 1 fully saturated rings. The number of ether oxygens (including phenoxy) is 1. The fourth-order valence-electron chi connectivity index (χ4n) is 5.67. The quantitative estimate of drug-likeness (QED) is 0.210. The first-order valence-corrected chi connectivity index (χ1v) is 15.2. The fourth-order valence-corrected chi connectivity index (χ4v) is 5.67. The lowest BCUT2D eigenvalue weighted by molar-refractivity contribution is -0.146. The Morgan fingerprint density at radius 3 is 2.18 bits per heavy atom. The molecule has 0 bridgehead atoms. The number of amides is 1. The number of hydrogen-bond donors (Lipinski definition) is 4. The zero-order chi connectivity index (χ0) is 28.8. The molecule has 0 unspecified atom stereocenters. The SMILES string of the molecule is CCOC(=O)[C@H](CCc1ccccc1)N[C@@H](CC(C)C)C(=O)N[C@@H](CC1CCCCC1)[C@@H](O)[C@@H](O)CC(C)C. The van der Waals surface area contributed by atoms with Gasteiger partial charge in [0.05, 0.1) is 24.8 Å². The van der Waals surface area contributed by atoms with Gasteiger partial charge in [-0.2, -0.15) is 0 Å². The molecular formula is C32H54N2O5. The van der Waals surface area contributed by atoms with Crippen LogP contribution in [0.25, 0.3) is 0 Å². The molecule has 1 aliphatic carbocycles. The lowest BCUT2D eigenvalue weighted by Crippen LogP contribution is -2.57. The van der Waals surface area contributed by atoms with Crippen LogP contribution in [0.15, 0.2) is 30.3 Å². The van der Waals surface area contributed by atoms with E-state index in [2.05, 4.69) is 10.6 Å². The van der Waals surface area contributed by atoms with Gasteiger partial charge in [-0.3, -0.25) is 14.9 Å². The van der Waals surface area contributed by atoms with E-state index in [9.17, 15) is 19.8 Å². The molecule has 1 amide bonds. The smallest absolute Gasteiger partial charge is 0.323 e. The van der Waals surface area contributed by atoms with Gasteiger partial charge in [-0.1, -0.05) is 90.1 Å². The molecule has 4 N–H and O–H groups in total. The van der Waals surface area contributed by atoms with E-state index in [-0.39, 0.29) is 30.3 Å². The second-order valence-electron chi connectivity index (χ2n) is 12.2. The van der Waals surface area contributed by atoms with E-state index in [4.69, 9.17) is 4.74 Å². The highest BCUT2D eigenvalue weighted by Crippen LogP contribution is 2.29. The van der Waals surface area contributed by atoms with E-state index in [1.807, 2.05) is 58.0 Å². The van der Waals surface area contributed by atoms with Crippen LogP contribution in [-0.4, -0.2) is 59.0 Å². The van der Waals surface area contributed by atoms with Gasteiger partial charge in [0.1, 0.15) is 12.1 Å². The molecule has 0 aliphatic heterocycles. The van der Waals surface area contributed by atoms with E-state index in [1.54, 1.807) is 6.92 Å². The summed E-state index contributed by atoms with van der Waals surface area (Å²) in [6, 6.07) is 8.16. The maximum absolute atomic E-state index is 13.8. The second kappa shape index (κ2) is 17.7. The summed E-state index contributed by atoms with van der Waals surface area (Å²) in [5.41, 5.74) is 1.12. The summed E-state index contributed by atoms with van der Waals surface area (Å²) in [6.45, 7) is 10.2. The Kier molecular flexibility index (Phi) is 15.1. The number of hydrogen-bond acceptors (Lipinski definition) is 6. The van der Waals surface area contributed by atoms with Crippen molar-refractivity contribution in [3.05, 3.63) is 35.9 Å². The number of carbonyl (C=O) groups is 2. The van der Waals surface area contributed by atoms with E-state index >= 15 is 0 Å². The van der Waals surface area contributed by atoms with E-state index in [0.717, 1.165) is 31.2 Å². The Bertz CT molecular complexity index is 825. The van der Waals surface area contributed by atoms with Crippen LogP contribution in [-0.2, 0) is 20.7 Å². The molecule has 1 aromatic rings. The van der Waals surface area contributed by atoms with Gasteiger partial charge < -0.3 is 20.3 Å². The highest BCUT2D eigenvalue weighted by atomic mass is 16.5. The van der Waals surface area contributed by atoms with Crippen molar-refractivity contribution >= 4 is 11.9 Å². The second-order valence-corrected chi connectivity index (χ2v) is 12.2. The van der Waals surface area contributed by atoms with Gasteiger partial charge >= 0.3 is 5.97 Å². The van der Waals surface area contributed by atoms with Crippen molar-refractivity contribution in [1.82, 2.24) is 10.6 Å². The highest BCUT2D eigenvalue weighted by molar-refractivity contribution is 5.83. The molecule has 0 heterocycles. The predicted octanol–water partition coefficient (Wildman–Crippen LogP) is 4.78. The number of aliphatic hydroxyl groups excluding tert-OH is 2. The van der Waals surface area contributed by atoms with Crippen molar-refractivity contribution in [3.8, 4) is 0 Å². The third kappa shape index (κ3) is 12.4. The molecule has 2 rings (SSSR count). The third-order valence-corrected chi connectivity index (χ3v) is 7.72. The van der Waals surface area contributed by atoms with Crippen molar-refractivity contribution in [1.29, 1.82) is 0 Å². The van der Waals surface area contributed by atoms with Gasteiger partial charge in [-0.15, -0.1) is 0 Å².